The Morgan fingerprint density at radius 3 is 2.67 bits per heavy atom. The molecule has 2 amide bonds. The van der Waals surface area contributed by atoms with E-state index in [0.717, 1.165) is 0 Å². The second-order valence-corrected chi connectivity index (χ2v) is 7.67. The highest BCUT2D eigenvalue weighted by atomic mass is 32.2. The molecule has 0 saturated carbocycles. The molecule has 1 fully saturated rings. The maximum Gasteiger partial charge on any atom is 0.298 e. The van der Waals surface area contributed by atoms with Crippen molar-refractivity contribution in [2.75, 3.05) is 18.8 Å². The molecule has 7 heteroatoms. The number of likely N-dealkylation sites (tertiary alicyclic amines) is 1. The zero-order valence-electron chi connectivity index (χ0n) is 13.5. The molecule has 1 atom stereocenters. The number of amides is 2. The Morgan fingerprint density at radius 2 is 2.00 bits per heavy atom. The molecule has 1 heterocycles. The topological polar surface area (TPSA) is 83.6 Å². The van der Waals surface area contributed by atoms with Crippen LogP contribution >= 0.6 is 0 Å². The summed E-state index contributed by atoms with van der Waals surface area (Å²) in [6.45, 7) is 2.55. The van der Waals surface area contributed by atoms with Crippen LogP contribution in [0.3, 0.4) is 0 Å². The molecule has 2 rings (SSSR count). The summed E-state index contributed by atoms with van der Waals surface area (Å²) in [5, 5.41) is 2.78. The van der Waals surface area contributed by atoms with E-state index in [0.29, 0.717) is 19.5 Å². The third kappa shape index (κ3) is 4.83. The van der Waals surface area contributed by atoms with Crippen molar-refractivity contribution in [3.8, 4) is 11.8 Å². The van der Waals surface area contributed by atoms with Gasteiger partial charge < -0.3 is 10.2 Å². The van der Waals surface area contributed by atoms with Crippen molar-refractivity contribution in [3.05, 3.63) is 30.3 Å². The van der Waals surface area contributed by atoms with Crippen LogP contribution in [0, 0.1) is 11.8 Å². The molecule has 1 N–H and O–H groups in total. The van der Waals surface area contributed by atoms with Crippen LogP contribution in [0.5, 0.6) is 0 Å². The van der Waals surface area contributed by atoms with Crippen molar-refractivity contribution in [1.29, 1.82) is 0 Å². The van der Waals surface area contributed by atoms with Crippen LogP contribution < -0.4 is 5.32 Å². The van der Waals surface area contributed by atoms with Crippen LogP contribution in [-0.2, 0) is 19.4 Å². The molecule has 0 bridgehead atoms. The largest absolute Gasteiger partial charge is 0.351 e. The molecular formula is C17H20N2O4S. The van der Waals surface area contributed by atoms with E-state index in [2.05, 4.69) is 17.2 Å². The first-order valence-electron chi connectivity index (χ1n) is 7.71. The van der Waals surface area contributed by atoms with E-state index in [-0.39, 0.29) is 34.9 Å². The second-order valence-electron chi connectivity index (χ2n) is 5.56. The van der Waals surface area contributed by atoms with Crippen molar-refractivity contribution in [1.82, 2.24) is 10.2 Å². The molecular weight excluding hydrogens is 328 g/mol. The standard InChI is InChI=1S/C17H20N2O4S/c1-2-6-17(21)19-11-9-14(13-19)18-16(20)10-12-24(22,23)15-7-4-3-5-8-15/h3-5,7-8,14H,9-13H2,1H3,(H,18,20). The van der Waals surface area contributed by atoms with Crippen LogP contribution in [0.25, 0.3) is 0 Å². The highest BCUT2D eigenvalue weighted by molar-refractivity contribution is 7.91. The summed E-state index contributed by atoms with van der Waals surface area (Å²) in [4.78, 5) is 25.4. The molecule has 1 aliphatic heterocycles. The zero-order chi connectivity index (χ0) is 17.6. The number of carbonyl (C=O) groups excluding carboxylic acids is 2. The predicted molar refractivity (Wildman–Crippen MR) is 89.7 cm³/mol. The molecule has 1 unspecified atom stereocenters. The number of carbonyl (C=O) groups is 2. The minimum Gasteiger partial charge on any atom is -0.351 e. The summed E-state index contributed by atoms with van der Waals surface area (Å²) in [5.74, 6) is 4.22. The molecule has 0 radical (unpaired) electrons. The van der Waals surface area contributed by atoms with Crippen molar-refractivity contribution < 1.29 is 18.0 Å². The van der Waals surface area contributed by atoms with Crippen molar-refractivity contribution in [2.45, 2.75) is 30.7 Å². The fourth-order valence-electron chi connectivity index (χ4n) is 2.52. The fraction of sp³-hybridized carbons (Fsp3) is 0.412. The number of hydrogen-bond acceptors (Lipinski definition) is 4. The molecule has 0 spiro atoms. The normalized spacial score (nSPS) is 17.0. The Labute approximate surface area is 142 Å². The second kappa shape index (κ2) is 7.97. The summed E-state index contributed by atoms with van der Waals surface area (Å²) in [7, 11) is -3.46. The Kier molecular flexibility index (Phi) is 5.99. The van der Waals surface area contributed by atoms with Gasteiger partial charge in [-0.15, -0.1) is 0 Å². The van der Waals surface area contributed by atoms with Gasteiger partial charge in [0.1, 0.15) is 0 Å². The molecule has 1 saturated heterocycles. The Hall–Kier alpha value is -2.33. The molecule has 6 nitrogen and oxygen atoms in total. The zero-order valence-corrected chi connectivity index (χ0v) is 14.3. The van der Waals surface area contributed by atoms with Gasteiger partial charge >= 0.3 is 0 Å². The van der Waals surface area contributed by atoms with Gasteiger partial charge in [-0.05, 0) is 31.4 Å². The lowest BCUT2D eigenvalue weighted by molar-refractivity contribution is -0.125. The molecule has 1 aliphatic rings. The van der Waals surface area contributed by atoms with Gasteiger partial charge in [0, 0.05) is 25.6 Å². The van der Waals surface area contributed by atoms with Crippen molar-refractivity contribution in [3.63, 3.8) is 0 Å². The maximum atomic E-state index is 12.1. The summed E-state index contributed by atoms with van der Waals surface area (Å²) in [6.07, 6.45) is 0.546. The molecule has 1 aromatic carbocycles. The number of sulfone groups is 1. The van der Waals surface area contributed by atoms with E-state index in [9.17, 15) is 18.0 Å². The van der Waals surface area contributed by atoms with Gasteiger partial charge in [-0.25, -0.2) is 8.42 Å². The van der Waals surface area contributed by atoms with E-state index in [1.165, 1.54) is 12.1 Å². The molecule has 1 aromatic rings. The summed E-state index contributed by atoms with van der Waals surface area (Å²) >= 11 is 0. The van der Waals surface area contributed by atoms with Gasteiger partial charge in [-0.3, -0.25) is 9.59 Å². The van der Waals surface area contributed by atoms with E-state index >= 15 is 0 Å². The molecule has 24 heavy (non-hydrogen) atoms. The first-order chi connectivity index (χ1) is 11.4. The third-order valence-electron chi connectivity index (χ3n) is 3.77. The summed E-state index contributed by atoms with van der Waals surface area (Å²) < 4.78 is 24.3. The highest BCUT2D eigenvalue weighted by Gasteiger charge is 2.27. The minimum atomic E-state index is -3.46. The lowest BCUT2D eigenvalue weighted by atomic mass is 10.2. The molecule has 0 aliphatic carbocycles. The fourth-order valence-corrected chi connectivity index (χ4v) is 3.78. The SMILES string of the molecule is CC#CC(=O)N1CCC(NC(=O)CCS(=O)(=O)c2ccccc2)C1. The third-order valence-corrected chi connectivity index (χ3v) is 5.50. The minimum absolute atomic E-state index is 0.101. The van der Waals surface area contributed by atoms with E-state index < -0.39 is 9.84 Å². The number of benzene rings is 1. The monoisotopic (exact) mass is 348 g/mol. The van der Waals surface area contributed by atoms with Crippen LogP contribution in [0.4, 0.5) is 0 Å². The van der Waals surface area contributed by atoms with Crippen LogP contribution in [0.1, 0.15) is 19.8 Å². The average Bonchev–Trinajstić information content (AvgIpc) is 3.03. The smallest absolute Gasteiger partial charge is 0.298 e. The Balaban J connectivity index is 1.82. The Morgan fingerprint density at radius 1 is 1.29 bits per heavy atom. The van der Waals surface area contributed by atoms with Crippen molar-refractivity contribution >= 4 is 21.7 Å². The number of nitrogens with one attached hydrogen (secondary N) is 1. The van der Waals surface area contributed by atoms with Crippen LogP contribution in [0.15, 0.2) is 35.2 Å². The number of rotatable bonds is 5. The first kappa shape index (κ1) is 18.0. The highest BCUT2D eigenvalue weighted by Crippen LogP contribution is 2.12. The quantitative estimate of drug-likeness (QED) is 0.790. The van der Waals surface area contributed by atoms with E-state index in [1.54, 1.807) is 30.0 Å². The molecule has 128 valence electrons. The Bertz CT molecular complexity index is 763. The summed E-state index contributed by atoms with van der Waals surface area (Å²) in [5.41, 5.74) is 0. The first-order valence-corrected chi connectivity index (χ1v) is 9.36. The van der Waals surface area contributed by atoms with Gasteiger partial charge in [0.05, 0.1) is 10.6 Å². The van der Waals surface area contributed by atoms with Gasteiger partial charge in [0.25, 0.3) is 5.91 Å². The van der Waals surface area contributed by atoms with E-state index in [1.807, 2.05) is 0 Å². The van der Waals surface area contributed by atoms with Gasteiger partial charge in [0.2, 0.25) is 5.91 Å². The number of nitrogens with zero attached hydrogens (tertiary/aromatic N) is 1. The average molecular weight is 348 g/mol. The maximum absolute atomic E-state index is 12.1. The predicted octanol–water partition coefficient (Wildman–Crippen LogP) is 0.591. The van der Waals surface area contributed by atoms with Crippen molar-refractivity contribution in [2.24, 2.45) is 0 Å². The summed E-state index contributed by atoms with van der Waals surface area (Å²) in [6, 6.07) is 7.92. The van der Waals surface area contributed by atoms with E-state index in [4.69, 9.17) is 0 Å². The van der Waals surface area contributed by atoms with Gasteiger partial charge in [-0.1, -0.05) is 24.1 Å². The lowest BCUT2D eigenvalue weighted by Crippen LogP contribution is -2.38. The van der Waals surface area contributed by atoms with Gasteiger partial charge in [0.15, 0.2) is 9.84 Å². The molecule has 0 aromatic heterocycles. The number of hydrogen-bond donors (Lipinski definition) is 1. The van der Waals surface area contributed by atoms with Gasteiger partial charge in [-0.2, -0.15) is 0 Å². The van der Waals surface area contributed by atoms with Crippen LogP contribution in [0.2, 0.25) is 0 Å². The lowest BCUT2D eigenvalue weighted by Gasteiger charge is -2.14. The van der Waals surface area contributed by atoms with Crippen LogP contribution in [-0.4, -0.2) is 50.0 Å².